The standard InChI is InChI=1S/C15H12FIN2O2/c1-2-19-14(6-5-13(17)15(19)20)11-4-3-10(9-12(11)16)21-8-7-18/h3-6,9H,2,8H2,1H3. The van der Waals surface area contributed by atoms with Crippen LogP contribution in [0.5, 0.6) is 5.75 Å². The quantitative estimate of drug-likeness (QED) is 0.744. The van der Waals surface area contributed by atoms with Crippen LogP contribution in [0.25, 0.3) is 11.3 Å². The Bertz CT molecular complexity index is 765. The zero-order valence-corrected chi connectivity index (χ0v) is 13.4. The van der Waals surface area contributed by atoms with Gasteiger partial charge in [-0.25, -0.2) is 4.39 Å². The molecule has 4 nitrogen and oxygen atoms in total. The fraction of sp³-hybridized carbons (Fsp3) is 0.200. The van der Waals surface area contributed by atoms with E-state index >= 15 is 0 Å². The predicted octanol–water partition coefficient (Wildman–Crippen LogP) is 3.18. The largest absolute Gasteiger partial charge is 0.479 e. The van der Waals surface area contributed by atoms with Crippen molar-refractivity contribution < 1.29 is 9.13 Å². The molecule has 0 N–H and O–H groups in total. The average molecular weight is 398 g/mol. The molecule has 108 valence electrons. The molecule has 2 rings (SSSR count). The number of ether oxygens (including phenoxy) is 1. The van der Waals surface area contributed by atoms with E-state index in [9.17, 15) is 9.18 Å². The molecule has 0 saturated heterocycles. The van der Waals surface area contributed by atoms with E-state index in [1.165, 1.54) is 10.6 Å². The first-order chi connectivity index (χ1) is 10.1. The number of benzene rings is 1. The van der Waals surface area contributed by atoms with Crippen LogP contribution in [0.15, 0.2) is 35.1 Å². The van der Waals surface area contributed by atoms with Crippen LogP contribution >= 0.6 is 22.6 Å². The van der Waals surface area contributed by atoms with Gasteiger partial charge in [-0.2, -0.15) is 5.26 Å². The van der Waals surface area contributed by atoms with Crippen LogP contribution < -0.4 is 10.3 Å². The van der Waals surface area contributed by atoms with Crippen LogP contribution in [-0.4, -0.2) is 11.2 Å². The van der Waals surface area contributed by atoms with E-state index in [0.717, 1.165) is 0 Å². The van der Waals surface area contributed by atoms with Crippen molar-refractivity contribution in [3.8, 4) is 23.1 Å². The monoisotopic (exact) mass is 398 g/mol. The summed E-state index contributed by atoms with van der Waals surface area (Å²) in [6.07, 6.45) is 0. The third-order valence-corrected chi connectivity index (χ3v) is 3.78. The fourth-order valence-electron chi connectivity index (χ4n) is 2.01. The predicted molar refractivity (Wildman–Crippen MR) is 85.6 cm³/mol. The Balaban J connectivity index is 2.51. The number of hydrogen-bond acceptors (Lipinski definition) is 3. The summed E-state index contributed by atoms with van der Waals surface area (Å²) in [5, 5.41) is 8.45. The van der Waals surface area contributed by atoms with Gasteiger partial charge in [0.05, 0.1) is 9.26 Å². The first kappa shape index (κ1) is 15.5. The van der Waals surface area contributed by atoms with E-state index < -0.39 is 5.82 Å². The van der Waals surface area contributed by atoms with E-state index in [4.69, 9.17) is 10.00 Å². The number of pyridine rings is 1. The summed E-state index contributed by atoms with van der Waals surface area (Å²) in [4.78, 5) is 12.1. The Morgan fingerprint density at radius 2 is 2.14 bits per heavy atom. The Morgan fingerprint density at radius 3 is 2.76 bits per heavy atom. The maximum atomic E-state index is 14.2. The van der Waals surface area contributed by atoms with Crippen LogP contribution in [0.4, 0.5) is 4.39 Å². The third-order valence-electron chi connectivity index (χ3n) is 2.96. The van der Waals surface area contributed by atoms with Crippen LogP contribution in [0.1, 0.15) is 6.92 Å². The van der Waals surface area contributed by atoms with Crippen LogP contribution in [0, 0.1) is 20.7 Å². The molecule has 0 fully saturated rings. The van der Waals surface area contributed by atoms with Gasteiger partial charge < -0.3 is 9.30 Å². The van der Waals surface area contributed by atoms with E-state index in [1.807, 2.05) is 35.6 Å². The molecule has 0 spiro atoms. The Labute approximate surface area is 134 Å². The van der Waals surface area contributed by atoms with Gasteiger partial charge in [-0.05, 0) is 53.8 Å². The normalized spacial score (nSPS) is 10.2. The number of rotatable bonds is 4. The highest BCUT2D eigenvalue weighted by Gasteiger charge is 2.12. The zero-order chi connectivity index (χ0) is 15.4. The molecule has 0 bridgehead atoms. The zero-order valence-electron chi connectivity index (χ0n) is 11.3. The Kier molecular flexibility index (Phi) is 4.96. The lowest BCUT2D eigenvalue weighted by Gasteiger charge is -2.13. The van der Waals surface area contributed by atoms with Gasteiger partial charge in [0.1, 0.15) is 17.6 Å². The summed E-state index contributed by atoms with van der Waals surface area (Å²) in [6.45, 7) is 2.16. The van der Waals surface area contributed by atoms with Gasteiger partial charge in [0.25, 0.3) is 5.56 Å². The Hall–Kier alpha value is -1.88. The molecule has 1 heterocycles. The van der Waals surface area contributed by atoms with Gasteiger partial charge in [-0.15, -0.1) is 0 Å². The number of hydrogen-bond donors (Lipinski definition) is 0. The molecular formula is C15H12FIN2O2. The lowest BCUT2D eigenvalue weighted by Crippen LogP contribution is -2.23. The molecule has 0 radical (unpaired) electrons. The van der Waals surface area contributed by atoms with Crippen molar-refractivity contribution in [1.82, 2.24) is 4.57 Å². The number of nitriles is 1. The number of nitrogens with zero attached hydrogens (tertiary/aromatic N) is 2. The van der Waals surface area contributed by atoms with E-state index in [0.29, 0.717) is 21.4 Å². The van der Waals surface area contributed by atoms with Crippen LogP contribution in [0.3, 0.4) is 0 Å². The molecule has 2 aromatic rings. The molecule has 21 heavy (non-hydrogen) atoms. The average Bonchev–Trinajstić information content (AvgIpc) is 2.48. The highest BCUT2D eigenvalue weighted by atomic mass is 127. The minimum atomic E-state index is -0.492. The molecule has 0 unspecified atom stereocenters. The summed E-state index contributed by atoms with van der Waals surface area (Å²) >= 11 is 1.96. The molecular weight excluding hydrogens is 386 g/mol. The van der Waals surface area contributed by atoms with Crippen molar-refractivity contribution in [3.63, 3.8) is 0 Å². The SMILES string of the molecule is CCn1c(-c2ccc(OCC#N)cc2F)ccc(I)c1=O. The van der Waals surface area contributed by atoms with E-state index in [1.54, 1.807) is 24.3 Å². The van der Waals surface area contributed by atoms with E-state index in [2.05, 4.69) is 0 Å². The van der Waals surface area contributed by atoms with Gasteiger partial charge in [0.2, 0.25) is 0 Å². The summed E-state index contributed by atoms with van der Waals surface area (Å²) in [7, 11) is 0. The number of halogens is 2. The summed E-state index contributed by atoms with van der Waals surface area (Å²) in [5.41, 5.74) is 0.710. The molecule has 1 aromatic carbocycles. The van der Waals surface area contributed by atoms with Crippen molar-refractivity contribution in [2.75, 3.05) is 6.61 Å². The summed E-state index contributed by atoms with van der Waals surface area (Å²) in [5.74, 6) is -0.207. The van der Waals surface area contributed by atoms with Crippen molar-refractivity contribution in [1.29, 1.82) is 5.26 Å². The minimum Gasteiger partial charge on any atom is -0.479 e. The fourth-order valence-corrected chi connectivity index (χ4v) is 2.48. The molecule has 0 amide bonds. The smallest absolute Gasteiger partial charge is 0.264 e. The van der Waals surface area contributed by atoms with Crippen molar-refractivity contribution >= 4 is 22.6 Å². The van der Waals surface area contributed by atoms with Gasteiger partial charge in [0, 0.05) is 18.2 Å². The molecule has 6 heteroatoms. The van der Waals surface area contributed by atoms with Gasteiger partial charge >= 0.3 is 0 Å². The molecule has 0 aliphatic carbocycles. The second kappa shape index (κ2) is 6.72. The van der Waals surface area contributed by atoms with Crippen molar-refractivity contribution in [2.24, 2.45) is 0 Å². The van der Waals surface area contributed by atoms with Crippen LogP contribution in [-0.2, 0) is 6.54 Å². The van der Waals surface area contributed by atoms with Gasteiger partial charge in [-0.3, -0.25) is 4.79 Å². The number of aromatic nitrogens is 1. The molecule has 1 aromatic heterocycles. The maximum absolute atomic E-state index is 14.2. The lowest BCUT2D eigenvalue weighted by molar-refractivity contribution is 0.366. The van der Waals surface area contributed by atoms with Crippen LogP contribution in [0.2, 0.25) is 0 Å². The minimum absolute atomic E-state index is 0.137. The summed E-state index contributed by atoms with van der Waals surface area (Å²) < 4.78 is 21.4. The molecule has 0 aliphatic heterocycles. The third kappa shape index (κ3) is 3.24. The first-order valence-electron chi connectivity index (χ1n) is 6.27. The van der Waals surface area contributed by atoms with Gasteiger partial charge in [-0.1, -0.05) is 0 Å². The highest BCUT2D eigenvalue weighted by Crippen LogP contribution is 2.26. The Morgan fingerprint density at radius 1 is 1.38 bits per heavy atom. The topological polar surface area (TPSA) is 55.0 Å². The summed E-state index contributed by atoms with van der Waals surface area (Å²) in [6, 6.07) is 9.57. The second-order valence-electron chi connectivity index (χ2n) is 4.20. The highest BCUT2D eigenvalue weighted by molar-refractivity contribution is 14.1. The molecule has 0 atom stereocenters. The lowest BCUT2D eigenvalue weighted by atomic mass is 10.1. The van der Waals surface area contributed by atoms with Crippen molar-refractivity contribution in [3.05, 3.63) is 50.1 Å². The van der Waals surface area contributed by atoms with E-state index in [-0.39, 0.29) is 17.9 Å². The maximum Gasteiger partial charge on any atom is 0.264 e. The molecule has 0 aliphatic rings. The van der Waals surface area contributed by atoms with Gasteiger partial charge in [0.15, 0.2) is 6.61 Å². The molecule has 0 saturated carbocycles. The first-order valence-corrected chi connectivity index (χ1v) is 7.35. The van der Waals surface area contributed by atoms with Crippen molar-refractivity contribution in [2.45, 2.75) is 13.5 Å². The second-order valence-corrected chi connectivity index (χ2v) is 5.37.